The Bertz CT molecular complexity index is 337. The van der Waals surface area contributed by atoms with Gasteiger partial charge in [0.2, 0.25) is 0 Å². The van der Waals surface area contributed by atoms with Gasteiger partial charge in [0.25, 0.3) is 0 Å². The second-order valence-electron chi connectivity index (χ2n) is 2.34. The van der Waals surface area contributed by atoms with Crippen LogP contribution in [0.5, 0.6) is 0 Å². The van der Waals surface area contributed by atoms with Gasteiger partial charge < -0.3 is 4.74 Å². The number of nitrogens with zero attached hydrogens (tertiary/aromatic N) is 3. The molecule has 5 nitrogen and oxygen atoms in total. The lowest BCUT2D eigenvalue weighted by Crippen LogP contribution is -2.13. The standard InChI is InChI=1S/C8H9N3O2/c1-2-13-8(12)6-11-5-7(3-9)4-10-11/h4-5H,2,6H2,1H3. The molecule has 5 heteroatoms. The van der Waals surface area contributed by atoms with E-state index in [1.165, 1.54) is 17.1 Å². The van der Waals surface area contributed by atoms with E-state index in [0.717, 1.165) is 0 Å². The Hall–Kier alpha value is -1.83. The van der Waals surface area contributed by atoms with Gasteiger partial charge in [-0.15, -0.1) is 0 Å². The Balaban J connectivity index is 2.55. The SMILES string of the molecule is CCOC(=O)Cn1cc(C#N)cn1. The lowest BCUT2D eigenvalue weighted by atomic mass is 10.4. The van der Waals surface area contributed by atoms with Crippen molar-refractivity contribution in [1.82, 2.24) is 9.78 Å². The third kappa shape index (κ3) is 2.60. The van der Waals surface area contributed by atoms with Gasteiger partial charge in [-0.1, -0.05) is 0 Å². The maximum absolute atomic E-state index is 10.9. The molecule has 0 atom stereocenters. The summed E-state index contributed by atoms with van der Waals surface area (Å²) in [4.78, 5) is 10.9. The molecule has 1 rings (SSSR count). The van der Waals surface area contributed by atoms with E-state index in [0.29, 0.717) is 12.2 Å². The Morgan fingerprint density at radius 1 is 1.85 bits per heavy atom. The Morgan fingerprint density at radius 3 is 3.15 bits per heavy atom. The lowest BCUT2D eigenvalue weighted by Gasteiger charge is -2.00. The predicted molar refractivity (Wildman–Crippen MR) is 43.6 cm³/mol. The second kappa shape index (κ2) is 4.26. The highest BCUT2D eigenvalue weighted by atomic mass is 16.5. The summed E-state index contributed by atoms with van der Waals surface area (Å²) in [5, 5.41) is 12.3. The number of aromatic nitrogens is 2. The highest BCUT2D eigenvalue weighted by Crippen LogP contribution is 1.95. The fourth-order valence-electron chi connectivity index (χ4n) is 0.847. The highest BCUT2D eigenvalue weighted by molar-refractivity contribution is 5.69. The number of nitriles is 1. The van der Waals surface area contributed by atoms with E-state index in [2.05, 4.69) is 5.10 Å². The summed E-state index contributed by atoms with van der Waals surface area (Å²) in [5.41, 5.74) is 0.435. The molecule has 13 heavy (non-hydrogen) atoms. The van der Waals surface area contributed by atoms with Crippen molar-refractivity contribution in [3.05, 3.63) is 18.0 Å². The molecule has 0 aromatic carbocycles. The first-order valence-electron chi connectivity index (χ1n) is 3.84. The quantitative estimate of drug-likeness (QED) is 0.626. The number of ether oxygens (including phenoxy) is 1. The molecule has 0 aliphatic heterocycles. The molecule has 0 saturated carbocycles. The molecule has 1 aromatic heterocycles. The molecule has 0 bridgehead atoms. The summed E-state index contributed by atoms with van der Waals surface area (Å²) in [6, 6.07) is 1.92. The molecule has 0 saturated heterocycles. The first kappa shape index (κ1) is 9.26. The monoisotopic (exact) mass is 179 g/mol. The lowest BCUT2D eigenvalue weighted by molar-refractivity contribution is -0.144. The summed E-state index contributed by atoms with van der Waals surface area (Å²) >= 11 is 0. The van der Waals surface area contributed by atoms with Gasteiger partial charge in [0, 0.05) is 6.20 Å². The minimum Gasteiger partial charge on any atom is -0.465 e. The van der Waals surface area contributed by atoms with Crippen molar-refractivity contribution in [3.63, 3.8) is 0 Å². The average molecular weight is 179 g/mol. The van der Waals surface area contributed by atoms with Gasteiger partial charge in [0.05, 0.1) is 18.4 Å². The molecule has 0 spiro atoms. The third-order valence-corrected chi connectivity index (χ3v) is 1.36. The van der Waals surface area contributed by atoms with Gasteiger partial charge >= 0.3 is 5.97 Å². The first-order valence-corrected chi connectivity index (χ1v) is 3.84. The third-order valence-electron chi connectivity index (χ3n) is 1.36. The smallest absolute Gasteiger partial charge is 0.327 e. The Kier molecular flexibility index (Phi) is 3.03. The normalized spacial score (nSPS) is 9.23. The van der Waals surface area contributed by atoms with Crippen LogP contribution in [-0.2, 0) is 16.1 Å². The Morgan fingerprint density at radius 2 is 2.62 bits per heavy atom. The molecule has 68 valence electrons. The van der Waals surface area contributed by atoms with Crippen LogP contribution in [0, 0.1) is 11.3 Å². The zero-order valence-electron chi connectivity index (χ0n) is 7.23. The van der Waals surface area contributed by atoms with Gasteiger partial charge in [-0.25, -0.2) is 0 Å². The number of carbonyl (C=O) groups excluding carboxylic acids is 1. The molecule has 0 radical (unpaired) electrons. The van der Waals surface area contributed by atoms with Crippen LogP contribution in [0.2, 0.25) is 0 Å². The second-order valence-corrected chi connectivity index (χ2v) is 2.34. The number of rotatable bonds is 3. The van der Waals surface area contributed by atoms with Crippen LogP contribution < -0.4 is 0 Å². The maximum atomic E-state index is 10.9. The summed E-state index contributed by atoms with van der Waals surface area (Å²) < 4.78 is 6.08. The van der Waals surface area contributed by atoms with Crippen molar-refractivity contribution < 1.29 is 9.53 Å². The summed E-state index contributed by atoms with van der Waals surface area (Å²) in [5.74, 6) is -0.352. The maximum Gasteiger partial charge on any atom is 0.327 e. The topological polar surface area (TPSA) is 67.9 Å². The van der Waals surface area contributed by atoms with E-state index in [1.54, 1.807) is 6.92 Å². The molecule has 0 fully saturated rings. The highest BCUT2D eigenvalue weighted by Gasteiger charge is 2.04. The first-order chi connectivity index (χ1) is 6.26. The summed E-state index contributed by atoms with van der Waals surface area (Å²) in [6.07, 6.45) is 2.90. The molecule has 0 amide bonds. The van der Waals surface area contributed by atoms with E-state index >= 15 is 0 Å². The summed E-state index contributed by atoms with van der Waals surface area (Å²) in [7, 11) is 0. The molecule has 0 aliphatic rings. The number of hydrogen-bond acceptors (Lipinski definition) is 4. The van der Waals surface area contributed by atoms with Gasteiger partial charge in [-0.05, 0) is 6.92 Å². The molecule has 0 N–H and O–H groups in total. The van der Waals surface area contributed by atoms with Crippen LogP contribution in [-0.4, -0.2) is 22.4 Å². The largest absolute Gasteiger partial charge is 0.465 e. The minimum absolute atomic E-state index is 0.0511. The summed E-state index contributed by atoms with van der Waals surface area (Å²) in [6.45, 7) is 2.14. The fraction of sp³-hybridized carbons (Fsp3) is 0.375. The van der Waals surface area contributed by atoms with Crippen molar-refractivity contribution in [2.75, 3.05) is 6.61 Å². The van der Waals surface area contributed by atoms with E-state index in [1.807, 2.05) is 6.07 Å². The fourth-order valence-corrected chi connectivity index (χ4v) is 0.847. The molecule has 1 heterocycles. The van der Waals surface area contributed by atoms with Gasteiger partial charge in [0.15, 0.2) is 0 Å². The van der Waals surface area contributed by atoms with Crippen molar-refractivity contribution in [2.24, 2.45) is 0 Å². The zero-order chi connectivity index (χ0) is 9.68. The van der Waals surface area contributed by atoms with E-state index in [4.69, 9.17) is 10.00 Å². The van der Waals surface area contributed by atoms with Crippen LogP contribution in [0.1, 0.15) is 12.5 Å². The van der Waals surface area contributed by atoms with Crippen LogP contribution >= 0.6 is 0 Å². The van der Waals surface area contributed by atoms with E-state index < -0.39 is 0 Å². The van der Waals surface area contributed by atoms with Crippen LogP contribution in [0.15, 0.2) is 12.4 Å². The van der Waals surface area contributed by atoms with E-state index in [9.17, 15) is 4.79 Å². The van der Waals surface area contributed by atoms with E-state index in [-0.39, 0.29) is 12.5 Å². The minimum atomic E-state index is -0.352. The number of esters is 1. The molecule has 0 unspecified atom stereocenters. The molecule has 0 aliphatic carbocycles. The average Bonchev–Trinajstić information content (AvgIpc) is 2.52. The van der Waals surface area contributed by atoms with Crippen LogP contribution in [0.4, 0.5) is 0 Å². The molecular formula is C8H9N3O2. The molecule has 1 aromatic rings. The van der Waals surface area contributed by atoms with Gasteiger partial charge in [0.1, 0.15) is 12.6 Å². The van der Waals surface area contributed by atoms with Gasteiger partial charge in [-0.3, -0.25) is 9.48 Å². The van der Waals surface area contributed by atoms with Crippen LogP contribution in [0.3, 0.4) is 0 Å². The van der Waals surface area contributed by atoms with Crippen molar-refractivity contribution in [1.29, 1.82) is 5.26 Å². The van der Waals surface area contributed by atoms with Crippen molar-refractivity contribution in [2.45, 2.75) is 13.5 Å². The Labute approximate surface area is 75.5 Å². The number of carbonyl (C=O) groups is 1. The van der Waals surface area contributed by atoms with Crippen molar-refractivity contribution in [3.8, 4) is 6.07 Å². The number of hydrogen-bond donors (Lipinski definition) is 0. The van der Waals surface area contributed by atoms with Gasteiger partial charge in [-0.2, -0.15) is 10.4 Å². The predicted octanol–water partition coefficient (Wildman–Crippen LogP) is 0.318. The zero-order valence-corrected chi connectivity index (χ0v) is 7.23. The van der Waals surface area contributed by atoms with Crippen molar-refractivity contribution >= 4 is 5.97 Å². The molecular weight excluding hydrogens is 170 g/mol. The van der Waals surface area contributed by atoms with Crippen LogP contribution in [0.25, 0.3) is 0 Å².